The van der Waals surface area contributed by atoms with Crippen molar-refractivity contribution in [2.24, 2.45) is 0 Å². The fourth-order valence-corrected chi connectivity index (χ4v) is 12.4. The molecule has 0 radical (unpaired) electrons. The Kier molecular flexibility index (Phi) is 10.6. The molecule has 0 amide bonds. The van der Waals surface area contributed by atoms with Gasteiger partial charge in [-0.25, -0.2) is 0 Å². The molecule has 0 aliphatic rings. The predicted molar refractivity (Wildman–Crippen MR) is 303 cm³/mol. The molecule has 0 aliphatic heterocycles. The van der Waals surface area contributed by atoms with E-state index < -0.39 is 0 Å². The van der Waals surface area contributed by atoms with Crippen molar-refractivity contribution < 1.29 is 0 Å². The number of hydrogen-bond acceptors (Lipinski definition) is 4. The smallest absolute Gasteiger partial charge is 0.0561 e. The van der Waals surface area contributed by atoms with Crippen LogP contribution >= 0.6 is 22.7 Å². The van der Waals surface area contributed by atoms with E-state index in [1.54, 1.807) is 0 Å². The summed E-state index contributed by atoms with van der Waals surface area (Å²) >= 11 is 3.71. The molecule has 0 unspecified atom stereocenters. The van der Waals surface area contributed by atoms with Gasteiger partial charge in [0.25, 0.3) is 0 Å². The highest BCUT2D eigenvalue weighted by atomic mass is 32.1. The highest BCUT2D eigenvalue weighted by molar-refractivity contribution is 7.26. The number of rotatable bonds is 10. The zero-order valence-corrected chi connectivity index (χ0v) is 39.7. The summed E-state index contributed by atoms with van der Waals surface area (Å²) in [4.78, 5) is 4.95. The minimum atomic E-state index is 1.07. The van der Waals surface area contributed by atoms with Gasteiger partial charge < -0.3 is 9.80 Å². The van der Waals surface area contributed by atoms with Gasteiger partial charge in [-0.1, -0.05) is 194 Å². The van der Waals surface area contributed by atoms with Crippen molar-refractivity contribution in [2.75, 3.05) is 9.80 Å². The minimum Gasteiger partial charge on any atom is -0.310 e. The van der Waals surface area contributed by atoms with Gasteiger partial charge >= 0.3 is 0 Å². The number of fused-ring (bicyclic) bond motifs is 6. The van der Waals surface area contributed by atoms with E-state index >= 15 is 0 Å². The molecule has 0 saturated heterocycles. The van der Waals surface area contributed by atoms with E-state index in [0.717, 1.165) is 56.4 Å². The standard InChI is InChI=1S/C66H44N2S2/c1-5-17-45(18-6-1)47-29-33-51(34-30-47)67(53-37-39-57-55-25-13-15-27-63(55)69-65(57)41-53)61-44-62(60(50-23-11-4-12-24-50)43-59(61)49-21-9-3-10-22-49)68(52-35-31-48(32-36-52)46-19-7-2-8-20-46)54-38-40-58-56-26-14-16-28-64(56)70-66(58)42-54/h1-44H. The Balaban J connectivity index is 1.10. The Labute approximate surface area is 415 Å². The zero-order chi connectivity index (χ0) is 46.4. The van der Waals surface area contributed by atoms with Crippen molar-refractivity contribution in [3.63, 3.8) is 0 Å². The van der Waals surface area contributed by atoms with Crippen LogP contribution in [0.3, 0.4) is 0 Å². The zero-order valence-electron chi connectivity index (χ0n) is 38.1. The lowest BCUT2D eigenvalue weighted by molar-refractivity contribution is 1.25. The van der Waals surface area contributed by atoms with Gasteiger partial charge in [0.05, 0.1) is 11.4 Å². The molecule has 0 spiro atoms. The van der Waals surface area contributed by atoms with E-state index in [4.69, 9.17) is 0 Å². The molecule has 4 heteroatoms. The molecular weight excluding hydrogens is 885 g/mol. The first kappa shape index (κ1) is 41.6. The van der Waals surface area contributed by atoms with Crippen LogP contribution in [-0.4, -0.2) is 0 Å². The third-order valence-corrected chi connectivity index (χ3v) is 15.7. The highest BCUT2D eigenvalue weighted by Crippen LogP contribution is 2.51. The van der Waals surface area contributed by atoms with Crippen LogP contribution in [0.25, 0.3) is 84.9 Å². The highest BCUT2D eigenvalue weighted by Gasteiger charge is 2.26. The van der Waals surface area contributed by atoms with Crippen molar-refractivity contribution in [3.05, 3.63) is 267 Å². The summed E-state index contributed by atoms with van der Waals surface area (Å²) in [5.41, 5.74) is 15.7. The van der Waals surface area contributed by atoms with E-state index in [1.165, 1.54) is 62.6 Å². The molecule has 0 atom stereocenters. The molecule has 0 saturated carbocycles. The fraction of sp³-hybridized carbons (Fsp3) is 0. The normalized spacial score (nSPS) is 11.4. The molecule has 13 rings (SSSR count). The maximum Gasteiger partial charge on any atom is 0.0561 e. The van der Waals surface area contributed by atoms with Crippen molar-refractivity contribution >= 4 is 97.1 Å². The van der Waals surface area contributed by atoms with Crippen LogP contribution in [0.4, 0.5) is 34.1 Å². The number of anilines is 6. The van der Waals surface area contributed by atoms with Gasteiger partial charge in [-0.15, -0.1) is 22.7 Å². The van der Waals surface area contributed by atoms with Gasteiger partial charge in [0, 0.05) is 74.2 Å². The Hall–Kier alpha value is -8.54. The number of nitrogens with zero attached hydrogens (tertiary/aromatic N) is 2. The summed E-state index contributed by atoms with van der Waals surface area (Å²) in [5, 5.41) is 5.12. The van der Waals surface area contributed by atoms with Crippen LogP contribution in [-0.2, 0) is 0 Å². The molecule has 0 aliphatic carbocycles. The summed E-state index contributed by atoms with van der Waals surface area (Å²) in [6.07, 6.45) is 0. The predicted octanol–water partition coefficient (Wildman–Crippen LogP) is 20.0. The van der Waals surface area contributed by atoms with Gasteiger partial charge in [0.1, 0.15) is 0 Å². The van der Waals surface area contributed by atoms with E-state index in [-0.39, 0.29) is 0 Å². The monoisotopic (exact) mass is 928 g/mol. The van der Waals surface area contributed by atoms with Crippen LogP contribution in [0.2, 0.25) is 0 Å². The molecule has 11 aromatic carbocycles. The molecule has 13 aromatic rings. The van der Waals surface area contributed by atoms with Crippen LogP contribution < -0.4 is 9.80 Å². The van der Waals surface area contributed by atoms with Gasteiger partial charge in [-0.2, -0.15) is 0 Å². The molecule has 330 valence electrons. The third kappa shape index (κ3) is 7.61. The lowest BCUT2D eigenvalue weighted by Crippen LogP contribution is -2.15. The Morgan fingerprint density at radius 1 is 0.214 bits per heavy atom. The molecule has 0 fully saturated rings. The third-order valence-electron chi connectivity index (χ3n) is 13.5. The summed E-state index contributed by atoms with van der Waals surface area (Å²) in [6.45, 7) is 0. The molecule has 2 aromatic heterocycles. The lowest BCUT2D eigenvalue weighted by Gasteiger charge is -2.33. The fourth-order valence-electron chi connectivity index (χ4n) is 10.1. The van der Waals surface area contributed by atoms with Crippen molar-refractivity contribution in [1.29, 1.82) is 0 Å². The van der Waals surface area contributed by atoms with E-state index in [9.17, 15) is 0 Å². The second kappa shape index (κ2) is 17.8. The minimum absolute atomic E-state index is 1.07. The second-order valence-corrected chi connectivity index (χ2v) is 19.8. The molecular formula is C66H44N2S2. The number of hydrogen-bond donors (Lipinski definition) is 0. The van der Waals surface area contributed by atoms with Crippen LogP contribution in [0.1, 0.15) is 0 Å². The molecule has 0 N–H and O–H groups in total. The largest absolute Gasteiger partial charge is 0.310 e. The van der Waals surface area contributed by atoms with Gasteiger partial charge in [0.2, 0.25) is 0 Å². The maximum absolute atomic E-state index is 2.48. The van der Waals surface area contributed by atoms with Crippen molar-refractivity contribution in [3.8, 4) is 44.5 Å². The molecule has 2 heterocycles. The SMILES string of the molecule is c1ccc(-c2ccc(N(c3ccc4c(c3)sc3ccccc34)c3cc(N(c4ccc(-c5ccccc5)cc4)c4ccc5c(c4)sc4ccccc45)c(-c4ccccc4)cc3-c3ccccc3)cc2)cc1. The summed E-state index contributed by atoms with van der Waals surface area (Å²) in [5.74, 6) is 0. The topological polar surface area (TPSA) is 6.48 Å². The van der Waals surface area contributed by atoms with Crippen LogP contribution in [0.5, 0.6) is 0 Å². The molecule has 0 bridgehead atoms. The van der Waals surface area contributed by atoms with E-state index in [2.05, 4.69) is 277 Å². The number of thiophene rings is 2. The first-order valence-corrected chi connectivity index (χ1v) is 25.4. The van der Waals surface area contributed by atoms with Crippen LogP contribution in [0.15, 0.2) is 267 Å². The summed E-state index contributed by atoms with van der Waals surface area (Å²) in [6, 6.07) is 97.7. The van der Waals surface area contributed by atoms with Gasteiger partial charge in [-0.3, -0.25) is 0 Å². The number of benzene rings is 11. The van der Waals surface area contributed by atoms with Crippen molar-refractivity contribution in [1.82, 2.24) is 0 Å². The quantitative estimate of drug-likeness (QED) is 0.135. The van der Waals surface area contributed by atoms with Gasteiger partial charge in [0.15, 0.2) is 0 Å². The van der Waals surface area contributed by atoms with Crippen LogP contribution in [0, 0.1) is 0 Å². The Bertz CT molecular complexity index is 3720. The summed E-state index contributed by atoms with van der Waals surface area (Å²) < 4.78 is 5.09. The average molecular weight is 929 g/mol. The van der Waals surface area contributed by atoms with E-state index in [0.29, 0.717) is 0 Å². The first-order valence-electron chi connectivity index (χ1n) is 23.7. The molecule has 70 heavy (non-hydrogen) atoms. The Morgan fingerprint density at radius 3 is 0.929 bits per heavy atom. The van der Waals surface area contributed by atoms with Gasteiger partial charge in [-0.05, 0) is 106 Å². The summed E-state index contributed by atoms with van der Waals surface area (Å²) in [7, 11) is 0. The van der Waals surface area contributed by atoms with Crippen molar-refractivity contribution in [2.45, 2.75) is 0 Å². The Morgan fingerprint density at radius 2 is 0.529 bits per heavy atom. The van der Waals surface area contributed by atoms with E-state index in [1.807, 2.05) is 22.7 Å². The second-order valence-electron chi connectivity index (χ2n) is 17.7. The average Bonchev–Trinajstić information content (AvgIpc) is 4.00. The molecule has 2 nitrogen and oxygen atoms in total. The maximum atomic E-state index is 2.48. The first-order chi connectivity index (χ1) is 34.7. The lowest BCUT2D eigenvalue weighted by atomic mass is 9.93.